The molecule has 0 radical (unpaired) electrons. The van der Waals surface area contributed by atoms with E-state index in [-0.39, 0.29) is 18.8 Å². The Hall–Kier alpha value is -2.98. The molecule has 8 nitrogen and oxygen atoms in total. The number of carbonyl (C=O) groups is 1. The molecule has 1 aromatic carbocycles. The van der Waals surface area contributed by atoms with E-state index < -0.39 is 35.2 Å². The number of nitrogens with zero attached hydrogens (tertiary/aromatic N) is 1. The molecule has 1 aliphatic rings. The third-order valence-corrected chi connectivity index (χ3v) is 4.56. The summed E-state index contributed by atoms with van der Waals surface area (Å²) in [5.41, 5.74) is -1.04. The van der Waals surface area contributed by atoms with Crippen LogP contribution in [-0.2, 0) is 14.3 Å². The predicted molar refractivity (Wildman–Crippen MR) is 98.4 cm³/mol. The van der Waals surface area contributed by atoms with Gasteiger partial charge < -0.3 is 19.0 Å². The Morgan fingerprint density at radius 1 is 1.30 bits per heavy atom. The van der Waals surface area contributed by atoms with E-state index in [2.05, 4.69) is 4.84 Å². The largest absolute Gasteiger partial charge is 0.508 e. The zero-order valence-electron chi connectivity index (χ0n) is 16.8. The van der Waals surface area contributed by atoms with E-state index in [1.165, 1.54) is 13.0 Å². The maximum Gasteiger partial charge on any atom is 0.508 e. The summed E-state index contributed by atoms with van der Waals surface area (Å²) in [4.78, 5) is 26.3. The van der Waals surface area contributed by atoms with Crippen LogP contribution in [0.15, 0.2) is 18.2 Å². The van der Waals surface area contributed by atoms with Gasteiger partial charge in [-0.2, -0.15) is 13.2 Å². The standard InChI is InChI=1S/C19H22F3NO7/c1-11-9-12(2)16-15(10-11)5-7-18(29-16,19(20,21)22)14(4)28-17(24)27-8-6-13(3)30-23(25)26/h5,7,9-10,13-14H,6,8H2,1-4H3/t13?,14?,18-/m0/s1. The average molecular weight is 433 g/mol. The van der Waals surface area contributed by atoms with Crippen LogP contribution in [0.3, 0.4) is 0 Å². The fourth-order valence-corrected chi connectivity index (χ4v) is 3.04. The normalized spacial score (nSPS) is 19.8. The van der Waals surface area contributed by atoms with Crippen molar-refractivity contribution >= 4 is 12.2 Å². The van der Waals surface area contributed by atoms with E-state index >= 15 is 0 Å². The van der Waals surface area contributed by atoms with Gasteiger partial charge in [-0.15, -0.1) is 10.1 Å². The van der Waals surface area contributed by atoms with Crippen molar-refractivity contribution in [2.45, 2.75) is 58.1 Å². The molecule has 2 unspecified atom stereocenters. The molecule has 3 atom stereocenters. The van der Waals surface area contributed by atoms with Gasteiger partial charge in [0.15, 0.2) is 6.10 Å². The second kappa shape index (κ2) is 8.80. The summed E-state index contributed by atoms with van der Waals surface area (Å²) in [6.45, 7) is 5.52. The van der Waals surface area contributed by atoms with Crippen molar-refractivity contribution in [3.05, 3.63) is 45.0 Å². The lowest BCUT2D eigenvalue weighted by atomic mass is 9.91. The van der Waals surface area contributed by atoms with Crippen molar-refractivity contribution < 1.29 is 42.1 Å². The molecule has 11 heteroatoms. The monoisotopic (exact) mass is 433 g/mol. The Labute approximate surface area is 170 Å². The molecule has 0 N–H and O–H groups in total. The molecule has 0 fully saturated rings. The van der Waals surface area contributed by atoms with Crippen molar-refractivity contribution in [3.63, 3.8) is 0 Å². The summed E-state index contributed by atoms with van der Waals surface area (Å²) < 4.78 is 56.9. The van der Waals surface area contributed by atoms with Gasteiger partial charge in [-0.25, -0.2) is 4.79 Å². The van der Waals surface area contributed by atoms with Crippen LogP contribution in [0, 0.1) is 24.0 Å². The van der Waals surface area contributed by atoms with Gasteiger partial charge in [0.1, 0.15) is 11.9 Å². The third-order valence-electron chi connectivity index (χ3n) is 4.56. The Kier molecular flexibility index (Phi) is 6.84. The lowest BCUT2D eigenvalue weighted by molar-refractivity contribution is -0.767. The number of fused-ring (bicyclic) bond motifs is 1. The van der Waals surface area contributed by atoms with Crippen LogP contribution in [-0.4, -0.2) is 41.8 Å². The number of hydrogen-bond acceptors (Lipinski definition) is 7. The molecule has 0 bridgehead atoms. The number of benzene rings is 1. The first kappa shape index (κ1) is 23.3. The minimum atomic E-state index is -4.90. The summed E-state index contributed by atoms with van der Waals surface area (Å²) >= 11 is 0. The first-order valence-corrected chi connectivity index (χ1v) is 9.06. The molecule has 30 heavy (non-hydrogen) atoms. The number of alkyl halides is 3. The van der Waals surface area contributed by atoms with Crippen LogP contribution in [0.25, 0.3) is 6.08 Å². The zero-order valence-corrected chi connectivity index (χ0v) is 16.8. The molecule has 0 amide bonds. The Bertz CT molecular complexity index is 840. The molecule has 0 saturated heterocycles. The maximum atomic E-state index is 14.0. The molecular weight excluding hydrogens is 411 g/mol. The van der Waals surface area contributed by atoms with E-state index in [0.717, 1.165) is 18.6 Å². The smallest absolute Gasteiger partial charge is 0.469 e. The predicted octanol–water partition coefficient (Wildman–Crippen LogP) is 4.54. The summed E-state index contributed by atoms with van der Waals surface area (Å²) in [5.74, 6) is 0.0509. The van der Waals surface area contributed by atoms with Gasteiger partial charge in [-0.3, -0.25) is 0 Å². The van der Waals surface area contributed by atoms with Crippen LogP contribution in [0.1, 0.15) is 37.0 Å². The molecule has 2 rings (SSSR count). The highest BCUT2D eigenvalue weighted by Gasteiger charge is 2.62. The third kappa shape index (κ3) is 5.14. The second-order valence-electron chi connectivity index (χ2n) is 7.01. The van der Waals surface area contributed by atoms with Crippen LogP contribution in [0.5, 0.6) is 5.75 Å². The van der Waals surface area contributed by atoms with Crippen LogP contribution in [0.2, 0.25) is 0 Å². The van der Waals surface area contributed by atoms with Crippen molar-refractivity contribution in [3.8, 4) is 5.75 Å². The van der Waals surface area contributed by atoms with Gasteiger partial charge in [0, 0.05) is 12.0 Å². The van der Waals surface area contributed by atoms with Gasteiger partial charge >= 0.3 is 12.3 Å². The molecular formula is C19H22F3NO7. The first-order valence-electron chi connectivity index (χ1n) is 9.06. The van der Waals surface area contributed by atoms with Gasteiger partial charge in [0.2, 0.25) is 0 Å². The van der Waals surface area contributed by atoms with Gasteiger partial charge in [-0.05, 0) is 45.4 Å². The van der Waals surface area contributed by atoms with E-state index in [4.69, 9.17) is 14.2 Å². The van der Waals surface area contributed by atoms with Gasteiger partial charge in [0.25, 0.3) is 10.7 Å². The lowest BCUT2D eigenvalue weighted by Gasteiger charge is -2.40. The quantitative estimate of drug-likeness (QED) is 0.354. The van der Waals surface area contributed by atoms with Crippen LogP contribution < -0.4 is 4.74 Å². The summed E-state index contributed by atoms with van der Waals surface area (Å²) in [5, 5.41) is 9.22. The Balaban J connectivity index is 2.11. The molecule has 166 valence electrons. The number of hydrogen-bond donors (Lipinski definition) is 0. The van der Waals surface area contributed by atoms with Gasteiger partial charge in [0.05, 0.1) is 6.61 Å². The fraction of sp³-hybridized carbons (Fsp3) is 0.526. The Morgan fingerprint density at radius 3 is 2.57 bits per heavy atom. The van der Waals surface area contributed by atoms with Crippen LogP contribution >= 0.6 is 0 Å². The highest BCUT2D eigenvalue weighted by molar-refractivity contribution is 5.65. The number of rotatable bonds is 7. The zero-order chi connectivity index (χ0) is 22.7. The van der Waals surface area contributed by atoms with E-state index in [1.54, 1.807) is 19.1 Å². The SMILES string of the molecule is Cc1cc(C)c2c(c1)C=C[C@](C(C)OC(=O)OCCC(C)O[N+](=O)[O-])(C(F)(F)F)O2. The van der Waals surface area contributed by atoms with E-state index in [1.807, 2.05) is 6.92 Å². The highest BCUT2D eigenvalue weighted by Crippen LogP contribution is 2.45. The topological polar surface area (TPSA) is 97.1 Å². The summed E-state index contributed by atoms with van der Waals surface area (Å²) in [6.07, 6.45) is -6.83. The van der Waals surface area contributed by atoms with Crippen molar-refractivity contribution in [1.29, 1.82) is 0 Å². The minimum Gasteiger partial charge on any atom is -0.469 e. The minimum absolute atomic E-state index is 0.0444. The van der Waals surface area contributed by atoms with E-state index in [0.29, 0.717) is 11.1 Å². The molecule has 1 aromatic rings. The molecule has 0 aromatic heterocycles. The number of ether oxygens (including phenoxy) is 3. The van der Waals surface area contributed by atoms with Crippen molar-refractivity contribution in [2.24, 2.45) is 0 Å². The second-order valence-corrected chi connectivity index (χ2v) is 7.01. The molecule has 0 spiro atoms. The van der Waals surface area contributed by atoms with Crippen molar-refractivity contribution in [1.82, 2.24) is 0 Å². The lowest BCUT2D eigenvalue weighted by Crippen LogP contribution is -2.58. The maximum absolute atomic E-state index is 14.0. The van der Waals surface area contributed by atoms with Crippen LogP contribution in [0.4, 0.5) is 18.0 Å². The van der Waals surface area contributed by atoms with Gasteiger partial charge in [-0.1, -0.05) is 17.7 Å². The fourth-order valence-electron chi connectivity index (χ4n) is 3.04. The number of aryl methyl sites for hydroxylation is 2. The molecule has 0 aliphatic carbocycles. The average Bonchev–Trinajstić information content (AvgIpc) is 2.59. The van der Waals surface area contributed by atoms with E-state index in [9.17, 15) is 28.1 Å². The summed E-state index contributed by atoms with van der Waals surface area (Å²) in [6, 6.07) is 3.38. The first-order chi connectivity index (χ1) is 13.9. The number of carbonyl (C=O) groups excluding carboxylic acids is 1. The molecule has 1 aliphatic heterocycles. The number of halogens is 3. The van der Waals surface area contributed by atoms with Crippen molar-refractivity contribution in [2.75, 3.05) is 6.61 Å². The molecule has 0 saturated carbocycles. The molecule has 1 heterocycles. The summed E-state index contributed by atoms with van der Waals surface area (Å²) in [7, 11) is 0. The Morgan fingerprint density at radius 2 is 1.97 bits per heavy atom. The highest BCUT2D eigenvalue weighted by atomic mass is 19.4.